The SMILES string of the molecule is CC.CC.CCN(C)CCN.CCOC.COc1ccc(CN2C(=O)CCN(c3ccc(N4CCN(C(=O)OC(C)(C)C)CC4)cc3)C2=O)cc1. The molecule has 0 saturated carbocycles. The number of nitrogens with zero attached hydrogens (tertiary/aromatic N) is 5. The predicted octanol–water partition coefficient (Wildman–Crippen LogP) is 6.71. The van der Waals surface area contributed by atoms with Crippen LogP contribution >= 0.6 is 0 Å². The van der Waals surface area contributed by atoms with E-state index in [1.165, 1.54) is 4.90 Å². The molecule has 4 amide bonds. The fraction of sp³-hybridized carbons (Fsp3) is 0.615. The molecule has 2 aliphatic heterocycles. The van der Waals surface area contributed by atoms with E-state index in [4.69, 9.17) is 15.2 Å². The minimum atomic E-state index is -0.509. The Labute approximate surface area is 308 Å². The third kappa shape index (κ3) is 17.3. The summed E-state index contributed by atoms with van der Waals surface area (Å²) in [4.78, 5) is 47.1. The summed E-state index contributed by atoms with van der Waals surface area (Å²) in [6.07, 6.45) is -0.00847. The smallest absolute Gasteiger partial charge is 0.410 e. The number of carbonyl (C=O) groups is 3. The molecule has 2 fully saturated rings. The van der Waals surface area contributed by atoms with Gasteiger partial charge >= 0.3 is 12.1 Å². The molecular formula is C39H68N6O6. The van der Waals surface area contributed by atoms with Crippen molar-refractivity contribution in [1.82, 2.24) is 14.7 Å². The van der Waals surface area contributed by atoms with E-state index in [9.17, 15) is 14.4 Å². The van der Waals surface area contributed by atoms with Crippen LogP contribution in [0.5, 0.6) is 5.75 Å². The van der Waals surface area contributed by atoms with Gasteiger partial charge in [0.05, 0.1) is 13.7 Å². The van der Waals surface area contributed by atoms with Gasteiger partial charge in [-0.3, -0.25) is 14.6 Å². The van der Waals surface area contributed by atoms with E-state index < -0.39 is 5.60 Å². The van der Waals surface area contributed by atoms with Crippen LogP contribution < -0.4 is 20.3 Å². The number of amides is 4. The molecule has 2 saturated heterocycles. The number of carbonyl (C=O) groups excluding carboxylic acids is 3. The highest BCUT2D eigenvalue weighted by Gasteiger charge is 2.33. The largest absolute Gasteiger partial charge is 0.497 e. The molecule has 2 N–H and O–H groups in total. The number of ether oxygens (including phenoxy) is 3. The molecule has 0 radical (unpaired) electrons. The van der Waals surface area contributed by atoms with Gasteiger partial charge in [-0.2, -0.15) is 0 Å². The van der Waals surface area contributed by atoms with Gasteiger partial charge in [0, 0.05) is 77.3 Å². The zero-order valence-corrected chi connectivity index (χ0v) is 33.7. The first kappa shape index (κ1) is 47.1. The highest BCUT2D eigenvalue weighted by atomic mass is 16.6. The van der Waals surface area contributed by atoms with Gasteiger partial charge in [-0.25, -0.2) is 9.59 Å². The fourth-order valence-electron chi connectivity index (χ4n) is 4.69. The van der Waals surface area contributed by atoms with Gasteiger partial charge < -0.3 is 34.6 Å². The van der Waals surface area contributed by atoms with Crippen LogP contribution in [0, 0.1) is 0 Å². The molecule has 4 rings (SSSR count). The lowest BCUT2D eigenvalue weighted by molar-refractivity contribution is -0.129. The molecule has 12 heteroatoms. The number of hydrogen-bond donors (Lipinski definition) is 1. The van der Waals surface area contributed by atoms with E-state index >= 15 is 0 Å². The molecule has 2 heterocycles. The number of hydrogen-bond acceptors (Lipinski definition) is 9. The molecule has 12 nitrogen and oxygen atoms in total. The minimum absolute atomic E-state index is 0.174. The molecule has 2 aromatic rings. The number of benzene rings is 2. The molecule has 0 atom stereocenters. The Morgan fingerprint density at radius 2 is 1.37 bits per heavy atom. The van der Waals surface area contributed by atoms with Gasteiger partial charge in [0.1, 0.15) is 11.4 Å². The van der Waals surface area contributed by atoms with Crippen molar-refractivity contribution in [1.29, 1.82) is 0 Å². The Balaban J connectivity index is 0.00000142. The average Bonchev–Trinajstić information content (AvgIpc) is 3.15. The minimum Gasteiger partial charge on any atom is -0.497 e. The van der Waals surface area contributed by atoms with Crippen molar-refractivity contribution < 1.29 is 28.6 Å². The normalized spacial score (nSPS) is 14.2. The first-order chi connectivity index (χ1) is 24.4. The van der Waals surface area contributed by atoms with Crippen LogP contribution in [-0.4, -0.2) is 119 Å². The summed E-state index contributed by atoms with van der Waals surface area (Å²) in [5.74, 6) is 0.551. The lowest BCUT2D eigenvalue weighted by atomic mass is 10.1. The van der Waals surface area contributed by atoms with Crippen molar-refractivity contribution in [3.63, 3.8) is 0 Å². The zero-order valence-electron chi connectivity index (χ0n) is 33.7. The van der Waals surface area contributed by atoms with Gasteiger partial charge in [-0.05, 0) is 83.2 Å². The Bertz CT molecular complexity index is 1230. The molecule has 0 aliphatic carbocycles. The monoisotopic (exact) mass is 717 g/mol. The second-order valence-corrected chi connectivity index (χ2v) is 12.2. The molecule has 2 aliphatic rings. The number of methoxy groups -OCH3 is 2. The lowest BCUT2D eigenvalue weighted by Gasteiger charge is -2.37. The summed E-state index contributed by atoms with van der Waals surface area (Å²) in [6, 6.07) is 14.8. The summed E-state index contributed by atoms with van der Waals surface area (Å²) in [6.45, 7) is 24.5. The molecular weight excluding hydrogens is 648 g/mol. The van der Waals surface area contributed by atoms with Crippen molar-refractivity contribution in [3.8, 4) is 5.75 Å². The maximum absolute atomic E-state index is 13.2. The van der Waals surface area contributed by atoms with Gasteiger partial charge in [0.25, 0.3) is 0 Å². The van der Waals surface area contributed by atoms with Gasteiger partial charge in [-0.1, -0.05) is 46.8 Å². The number of rotatable bonds is 9. The maximum atomic E-state index is 13.2. The maximum Gasteiger partial charge on any atom is 0.410 e. The molecule has 0 spiro atoms. The number of piperazine rings is 1. The standard InChI is InChI=1S/C27H34N4O5.C5H14N2.C3H8O.2C2H6/c1-27(2,3)36-26(34)29-17-15-28(16-18-29)21-7-9-22(10-8-21)30-14-13-24(32)31(25(30)33)19-20-5-11-23(35-4)12-6-20;1-3-7(2)5-4-6;1-3-4-2;2*1-2/h5-12H,13-19H2,1-4H3;3-6H2,1-2H3;3H2,1-2H3;2*1-2H3. The number of imide groups is 1. The Hall–Kier alpha value is -3.87. The highest BCUT2D eigenvalue weighted by Crippen LogP contribution is 2.26. The molecule has 0 unspecified atom stereocenters. The first-order valence-electron chi connectivity index (χ1n) is 18.3. The van der Waals surface area contributed by atoms with Crippen molar-refractivity contribution in [2.45, 2.75) is 80.9 Å². The van der Waals surface area contributed by atoms with Gasteiger partial charge in [0.2, 0.25) is 5.91 Å². The number of nitrogens with two attached hydrogens (primary N) is 1. The van der Waals surface area contributed by atoms with E-state index in [1.54, 1.807) is 24.0 Å². The highest BCUT2D eigenvalue weighted by molar-refractivity contribution is 6.05. The second kappa shape index (κ2) is 26.0. The Morgan fingerprint density at radius 3 is 1.80 bits per heavy atom. The van der Waals surface area contributed by atoms with Crippen LogP contribution in [0.2, 0.25) is 0 Å². The fourth-order valence-corrected chi connectivity index (χ4v) is 4.69. The Kier molecular flexibility index (Phi) is 24.0. The summed E-state index contributed by atoms with van der Waals surface area (Å²) in [5, 5.41) is 0. The third-order valence-electron chi connectivity index (χ3n) is 7.61. The van der Waals surface area contributed by atoms with E-state index in [-0.39, 0.29) is 31.0 Å². The first-order valence-corrected chi connectivity index (χ1v) is 18.3. The second-order valence-electron chi connectivity index (χ2n) is 12.2. The number of anilines is 2. The summed E-state index contributed by atoms with van der Waals surface area (Å²) >= 11 is 0. The summed E-state index contributed by atoms with van der Waals surface area (Å²) < 4.78 is 15.2. The number of likely N-dealkylation sites (N-methyl/N-ethyl adjacent to an activating group) is 1. The average molecular weight is 717 g/mol. The Morgan fingerprint density at radius 1 is 0.843 bits per heavy atom. The van der Waals surface area contributed by atoms with E-state index in [0.717, 1.165) is 48.9 Å². The van der Waals surface area contributed by atoms with E-state index in [1.807, 2.05) is 104 Å². The third-order valence-corrected chi connectivity index (χ3v) is 7.61. The van der Waals surface area contributed by atoms with Crippen LogP contribution in [0.25, 0.3) is 0 Å². The van der Waals surface area contributed by atoms with Crippen molar-refractivity contribution >= 4 is 29.4 Å². The summed E-state index contributed by atoms with van der Waals surface area (Å²) in [5.41, 5.74) is 7.39. The van der Waals surface area contributed by atoms with E-state index in [2.05, 4.69) is 28.5 Å². The van der Waals surface area contributed by atoms with Crippen molar-refractivity contribution in [2.24, 2.45) is 5.73 Å². The molecule has 2 aromatic carbocycles. The van der Waals surface area contributed by atoms with Gasteiger partial charge in [0.15, 0.2) is 0 Å². The van der Waals surface area contributed by atoms with Crippen LogP contribution in [-0.2, 0) is 20.8 Å². The van der Waals surface area contributed by atoms with Crippen molar-refractivity contribution in [3.05, 3.63) is 54.1 Å². The topological polar surface area (TPSA) is 121 Å². The van der Waals surface area contributed by atoms with Gasteiger partial charge in [-0.15, -0.1) is 0 Å². The van der Waals surface area contributed by atoms with Crippen LogP contribution in [0.4, 0.5) is 21.0 Å². The van der Waals surface area contributed by atoms with Crippen LogP contribution in [0.3, 0.4) is 0 Å². The quantitative estimate of drug-likeness (QED) is 0.302. The van der Waals surface area contributed by atoms with Crippen molar-refractivity contribution in [2.75, 3.05) is 90.0 Å². The summed E-state index contributed by atoms with van der Waals surface area (Å²) in [7, 11) is 5.34. The predicted molar refractivity (Wildman–Crippen MR) is 210 cm³/mol. The number of urea groups is 1. The van der Waals surface area contributed by atoms with E-state index in [0.29, 0.717) is 32.7 Å². The molecule has 290 valence electrons. The molecule has 0 bridgehead atoms. The van der Waals surface area contributed by atoms with Crippen LogP contribution in [0.15, 0.2) is 48.5 Å². The molecule has 0 aromatic heterocycles. The van der Waals surface area contributed by atoms with Crippen LogP contribution in [0.1, 0.15) is 74.3 Å². The molecule has 51 heavy (non-hydrogen) atoms. The zero-order chi connectivity index (χ0) is 39.0. The lowest BCUT2D eigenvalue weighted by Crippen LogP contribution is -2.52.